The summed E-state index contributed by atoms with van der Waals surface area (Å²) in [6, 6.07) is 15.4. The fourth-order valence-corrected chi connectivity index (χ4v) is 5.00. The van der Waals surface area contributed by atoms with Gasteiger partial charge in [0, 0.05) is 5.69 Å². The molecule has 0 aliphatic carbocycles. The minimum atomic E-state index is -3.91. The van der Waals surface area contributed by atoms with E-state index in [0.717, 1.165) is 24.8 Å². The number of carboxylic acids is 1. The second kappa shape index (κ2) is 12.9. The Kier molecular flexibility index (Phi) is 10.5. The van der Waals surface area contributed by atoms with Crippen molar-refractivity contribution in [3.05, 3.63) is 65.2 Å². The molecular formula is C26H40N3O4S+. The van der Waals surface area contributed by atoms with Gasteiger partial charge in [-0.05, 0) is 54.5 Å². The van der Waals surface area contributed by atoms with Crippen LogP contribution in [0.25, 0.3) is 0 Å². The molecule has 0 radical (unpaired) electrons. The molecule has 8 heteroatoms. The lowest BCUT2D eigenvalue weighted by Gasteiger charge is -2.29. The Morgan fingerprint density at radius 3 is 1.85 bits per heavy atom. The van der Waals surface area contributed by atoms with Crippen LogP contribution in [0.15, 0.2) is 48.5 Å². The maximum atomic E-state index is 12.6. The third kappa shape index (κ3) is 11.1. The Morgan fingerprint density at radius 2 is 1.38 bits per heavy atom. The van der Waals surface area contributed by atoms with Gasteiger partial charge in [-0.25, -0.2) is 0 Å². The third-order valence-electron chi connectivity index (χ3n) is 5.51. The average Bonchev–Trinajstić information content (AvgIpc) is 2.72. The molecule has 0 spiro atoms. The van der Waals surface area contributed by atoms with Crippen molar-refractivity contribution in [2.24, 2.45) is 0 Å². The predicted octanol–water partition coefficient (Wildman–Crippen LogP) is 4.00. The number of hydrogen-bond acceptors (Lipinski definition) is 3. The highest BCUT2D eigenvalue weighted by molar-refractivity contribution is 7.90. The molecule has 0 saturated heterocycles. The Bertz CT molecular complexity index is 998. The number of rotatable bonds is 15. The van der Waals surface area contributed by atoms with Crippen LogP contribution in [0.1, 0.15) is 49.3 Å². The molecule has 0 aliphatic heterocycles. The lowest BCUT2D eigenvalue weighted by Crippen LogP contribution is -2.50. The number of carbonyl (C=O) groups is 1. The van der Waals surface area contributed by atoms with Gasteiger partial charge < -0.3 is 9.59 Å². The van der Waals surface area contributed by atoms with E-state index in [0.29, 0.717) is 16.7 Å². The highest BCUT2D eigenvalue weighted by Crippen LogP contribution is 2.15. The predicted molar refractivity (Wildman–Crippen MR) is 138 cm³/mol. The molecule has 0 bridgehead atoms. The zero-order valence-corrected chi connectivity index (χ0v) is 21.7. The highest BCUT2D eigenvalue weighted by atomic mass is 32.2. The van der Waals surface area contributed by atoms with Crippen molar-refractivity contribution in [2.45, 2.75) is 57.9 Å². The van der Waals surface area contributed by atoms with Crippen LogP contribution in [-0.2, 0) is 34.3 Å². The minimum Gasteiger partial charge on any atom is -0.481 e. The largest absolute Gasteiger partial charge is 0.481 e. The molecule has 188 valence electrons. The number of benzene rings is 2. The normalized spacial score (nSPS) is 12.9. The Morgan fingerprint density at radius 1 is 0.882 bits per heavy atom. The third-order valence-corrected chi connectivity index (χ3v) is 6.66. The van der Waals surface area contributed by atoms with E-state index < -0.39 is 22.2 Å². The maximum absolute atomic E-state index is 12.6. The molecule has 0 fully saturated rings. The molecule has 1 atom stereocenters. The first-order chi connectivity index (χ1) is 16.0. The van der Waals surface area contributed by atoms with Crippen LogP contribution in [0.2, 0.25) is 0 Å². The number of aliphatic carboxylic acids is 1. The molecule has 0 heterocycles. The van der Waals surface area contributed by atoms with Crippen molar-refractivity contribution in [3.63, 3.8) is 0 Å². The highest BCUT2D eigenvalue weighted by Gasteiger charge is 2.25. The standard InChI is InChI=1S/C26H39N3O4S/c1-5-6-7-8-21-9-11-22(12-10-21)13-14-23-15-17-24(18-16-23)27-34(32,33)28-25(19-26(30)31)20-29(2,3)4/h9-12,15-18,25,27-28H,5-8,13-14,19-20H2,1-4H3/p+1/t25-/m0/s1. The summed E-state index contributed by atoms with van der Waals surface area (Å²) in [6.45, 7) is 2.57. The first-order valence-electron chi connectivity index (χ1n) is 11.9. The number of unbranched alkanes of at least 4 members (excludes halogenated alkanes) is 2. The summed E-state index contributed by atoms with van der Waals surface area (Å²) in [5, 5.41) is 9.13. The number of likely N-dealkylation sites (N-methyl/N-ethyl adjacent to an activating group) is 1. The van der Waals surface area contributed by atoms with Gasteiger partial charge >= 0.3 is 5.97 Å². The van der Waals surface area contributed by atoms with E-state index in [1.807, 2.05) is 33.3 Å². The van der Waals surface area contributed by atoms with Crippen LogP contribution in [0.3, 0.4) is 0 Å². The fourth-order valence-electron chi connectivity index (χ4n) is 3.90. The van der Waals surface area contributed by atoms with Gasteiger partial charge in [0.15, 0.2) is 0 Å². The van der Waals surface area contributed by atoms with Gasteiger partial charge in [0.1, 0.15) is 0 Å². The Balaban J connectivity index is 1.90. The van der Waals surface area contributed by atoms with Gasteiger partial charge in [0.25, 0.3) is 10.2 Å². The van der Waals surface area contributed by atoms with E-state index in [1.165, 1.54) is 30.4 Å². The summed E-state index contributed by atoms with van der Waals surface area (Å²) in [4.78, 5) is 11.1. The van der Waals surface area contributed by atoms with Crippen molar-refractivity contribution in [2.75, 3.05) is 32.4 Å². The van der Waals surface area contributed by atoms with E-state index in [2.05, 4.69) is 40.6 Å². The van der Waals surface area contributed by atoms with Crippen LogP contribution in [-0.4, -0.2) is 57.7 Å². The van der Waals surface area contributed by atoms with Crippen molar-refractivity contribution in [1.29, 1.82) is 0 Å². The Hall–Kier alpha value is -2.42. The van der Waals surface area contributed by atoms with E-state index in [1.54, 1.807) is 12.1 Å². The summed E-state index contributed by atoms with van der Waals surface area (Å²) in [5.74, 6) is -1.04. The fraction of sp³-hybridized carbons (Fsp3) is 0.500. The number of aryl methyl sites for hydroxylation is 3. The second-order valence-corrected chi connectivity index (χ2v) is 11.4. The average molecular weight is 491 g/mol. The minimum absolute atomic E-state index is 0.283. The van der Waals surface area contributed by atoms with Gasteiger partial charge in [-0.1, -0.05) is 56.2 Å². The van der Waals surface area contributed by atoms with Crippen LogP contribution >= 0.6 is 0 Å². The smallest absolute Gasteiger partial charge is 0.305 e. The molecule has 0 aliphatic rings. The molecule has 2 aromatic carbocycles. The van der Waals surface area contributed by atoms with Crippen molar-refractivity contribution >= 4 is 21.9 Å². The lowest BCUT2D eigenvalue weighted by atomic mass is 10.0. The molecule has 0 amide bonds. The number of quaternary nitrogens is 1. The number of nitrogens with one attached hydrogen (secondary N) is 2. The molecule has 0 saturated carbocycles. The van der Waals surface area contributed by atoms with Gasteiger partial charge in [-0.2, -0.15) is 13.1 Å². The lowest BCUT2D eigenvalue weighted by molar-refractivity contribution is -0.871. The topological polar surface area (TPSA) is 95.5 Å². The van der Waals surface area contributed by atoms with Crippen LogP contribution in [0.4, 0.5) is 5.69 Å². The van der Waals surface area contributed by atoms with E-state index in [-0.39, 0.29) is 6.42 Å². The molecule has 34 heavy (non-hydrogen) atoms. The Labute approximate surface area is 205 Å². The van der Waals surface area contributed by atoms with E-state index in [9.17, 15) is 13.2 Å². The zero-order chi connectivity index (χ0) is 25.2. The zero-order valence-electron chi connectivity index (χ0n) is 20.9. The van der Waals surface area contributed by atoms with Crippen LogP contribution < -0.4 is 9.44 Å². The van der Waals surface area contributed by atoms with Crippen LogP contribution in [0.5, 0.6) is 0 Å². The SMILES string of the molecule is CCCCCc1ccc(CCc2ccc(NS(=O)(=O)N[C@@H](CC(=O)O)C[N+](C)(C)C)cc2)cc1. The molecule has 0 aromatic heterocycles. The number of anilines is 1. The molecular weight excluding hydrogens is 450 g/mol. The summed E-state index contributed by atoms with van der Waals surface area (Å²) < 4.78 is 30.5. The van der Waals surface area contributed by atoms with Crippen molar-refractivity contribution < 1.29 is 22.8 Å². The summed E-state index contributed by atoms with van der Waals surface area (Å²) >= 11 is 0. The monoisotopic (exact) mass is 490 g/mol. The molecule has 7 nitrogen and oxygen atoms in total. The van der Waals surface area contributed by atoms with Crippen molar-refractivity contribution in [1.82, 2.24) is 4.72 Å². The van der Waals surface area contributed by atoms with E-state index in [4.69, 9.17) is 5.11 Å². The molecule has 0 unspecified atom stereocenters. The number of carboxylic acid groups (broad SMARTS) is 1. The maximum Gasteiger partial charge on any atom is 0.305 e. The first-order valence-corrected chi connectivity index (χ1v) is 13.4. The first kappa shape index (κ1) is 27.8. The van der Waals surface area contributed by atoms with Gasteiger partial charge in [-0.3, -0.25) is 9.52 Å². The summed E-state index contributed by atoms with van der Waals surface area (Å²) in [7, 11) is 1.75. The summed E-state index contributed by atoms with van der Waals surface area (Å²) in [6.07, 6.45) is 6.37. The van der Waals surface area contributed by atoms with Gasteiger partial charge in [-0.15, -0.1) is 0 Å². The van der Waals surface area contributed by atoms with Crippen molar-refractivity contribution in [3.8, 4) is 0 Å². The van der Waals surface area contributed by atoms with Gasteiger partial charge in [0.05, 0.1) is 40.2 Å². The molecule has 2 rings (SSSR count). The molecule has 2 aromatic rings. The number of nitrogens with zero attached hydrogens (tertiary/aromatic N) is 1. The quantitative estimate of drug-likeness (QED) is 0.260. The molecule has 3 N–H and O–H groups in total. The van der Waals surface area contributed by atoms with E-state index >= 15 is 0 Å². The van der Waals surface area contributed by atoms with Crippen LogP contribution in [0, 0.1) is 0 Å². The summed E-state index contributed by atoms with van der Waals surface area (Å²) in [5.41, 5.74) is 4.23. The van der Waals surface area contributed by atoms with Gasteiger partial charge in [0.2, 0.25) is 0 Å². The second-order valence-electron chi connectivity index (χ2n) is 9.96. The number of hydrogen-bond donors (Lipinski definition) is 3.